The zero-order chi connectivity index (χ0) is 15.9. The lowest BCUT2D eigenvalue weighted by Gasteiger charge is -2.29. The van der Waals surface area contributed by atoms with E-state index in [1.165, 1.54) is 6.26 Å². The lowest BCUT2D eigenvalue weighted by atomic mass is 10.4. The molecule has 1 aromatic heterocycles. The number of ether oxygens (including phenoxy) is 1. The second-order valence-electron chi connectivity index (χ2n) is 4.67. The molecule has 7 nitrogen and oxygen atoms in total. The summed E-state index contributed by atoms with van der Waals surface area (Å²) in [6.45, 7) is 3.73. The van der Waals surface area contributed by atoms with Crippen LogP contribution >= 0.6 is 12.2 Å². The molecule has 120 valence electrons. The van der Waals surface area contributed by atoms with Crippen LogP contribution in [0.25, 0.3) is 0 Å². The van der Waals surface area contributed by atoms with Gasteiger partial charge in [0.05, 0.1) is 19.3 Å². The van der Waals surface area contributed by atoms with Gasteiger partial charge in [0, 0.05) is 19.6 Å². The third-order valence-corrected chi connectivity index (χ3v) is 3.50. The molecule has 1 saturated heterocycles. The lowest BCUT2D eigenvalue weighted by molar-refractivity contribution is -0.142. The quantitative estimate of drug-likeness (QED) is 0.643. The van der Waals surface area contributed by atoms with E-state index in [4.69, 9.17) is 21.4 Å². The van der Waals surface area contributed by atoms with E-state index in [1.54, 1.807) is 29.1 Å². The molecule has 0 unspecified atom stereocenters. The summed E-state index contributed by atoms with van der Waals surface area (Å²) in [5.41, 5.74) is 0. The van der Waals surface area contributed by atoms with Gasteiger partial charge in [0.25, 0.3) is 0 Å². The van der Waals surface area contributed by atoms with Crippen molar-refractivity contribution in [3.63, 3.8) is 0 Å². The summed E-state index contributed by atoms with van der Waals surface area (Å²) >= 11 is 5.29. The highest BCUT2D eigenvalue weighted by Crippen LogP contribution is 2.15. The van der Waals surface area contributed by atoms with Crippen molar-refractivity contribution in [2.75, 3.05) is 26.2 Å². The van der Waals surface area contributed by atoms with Crippen LogP contribution in [0.15, 0.2) is 22.8 Å². The average Bonchev–Trinajstić information content (AvgIpc) is 3.18. The van der Waals surface area contributed by atoms with Gasteiger partial charge in [-0.05, 0) is 37.7 Å². The van der Waals surface area contributed by atoms with E-state index < -0.39 is 0 Å². The number of hydrogen-bond donors (Lipinski definition) is 1. The Balaban J connectivity index is 1.86. The van der Waals surface area contributed by atoms with Gasteiger partial charge >= 0.3 is 11.9 Å². The van der Waals surface area contributed by atoms with E-state index in [-0.39, 0.29) is 24.1 Å². The highest BCUT2D eigenvalue weighted by Gasteiger charge is 2.30. The number of hydrogen-bond acceptors (Lipinski definition) is 5. The molecule has 8 heteroatoms. The lowest BCUT2D eigenvalue weighted by Crippen LogP contribution is -2.49. The number of furan rings is 1. The zero-order valence-electron chi connectivity index (χ0n) is 12.4. The maximum atomic E-state index is 12.3. The van der Waals surface area contributed by atoms with Gasteiger partial charge in [0.15, 0.2) is 10.9 Å². The third-order valence-electron chi connectivity index (χ3n) is 3.14. The molecule has 22 heavy (non-hydrogen) atoms. The first-order valence-corrected chi connectivity index (χ1v) is 7.60. The van der Waals surface area contributed by atoms with Crippen LogP contribution < -0.4 is 5.32 Å². The summed E-state index contributed by atoms with van der Waals surface area (Å²) in [7, 11) is 0. The van der Waals surface area contributed by atoms with Crippen molar-refractivity contribution in [2.24, 2.45) is 0 Å². The van der Waals surface area contributed by atoms with E-state index in [2.05, 4.69) is 5.32 Å². The number of carbonyl (C=O) groups excluding carboxylic acids is 2. The van der Waals surface area contributed by atoms with Crippen LogP contribution in [0.3, 0.4) is 0 Å². The van der Waals surface area contributed by atoms with Crippen LogP contribution in [0.4, 0.5) is 0 Å². The predicted molar refractivity (Wildman–Crippen MR) is 82.9 cm³/mol. The topological polar surface area (TPSA) is 75.0 Å². The predicted octanol–water partition coefficient (Wildman–Crippen LogP) is 1.17. The van der Waals surface area contributed by atoms with Crippen molar-refractivity contribution in [2.45, 2.75) is 19.8 Å². The van der Waals surface area contributed by atoms with Crippen LogP contribution in [-0.2, 0) is 9.53 Å². The summed E-state index contributed by atoms with van der Waals surface area (Å²) in [6.07, 6.45) is 2.52. The molecule has 2 heterocycles. The first kappa shape index (κ1) is 16.3. The van der Waals surface area contributed by atoms with Crippen LogP contribution in [0.1, 0.15) is 30.3 Å². The molecular weight excluding hydrogens is 306 g/mol. The minimum atomic E-state index is -0.275. The molecule has 0 saturated carbocycles. The van der Waals surface area contributed by atoms with Gasteiger partial charge in [0.2, 0.25) is 0 Å². The van der Waals surface area contributed by atoms with Gasteiger partial charge in [-0.25, -0.2) is 5.01 Å². The van der Waals surface area contributed by atoms with Gasteiger partial charge in [-0.2, -0.15) is 0 Å². The molecule has 0 bridgehead atoms. The van der Waals surface area contributed by atoms with E-state index in [9.17, 15) is 9.59 Å². The maximum absolute atomic E-state index is 12.3. The van der Waals surface area contributed by atoms with Crippen molar-refractivity contribution in [3.8, 4) is 0 Å². The Bertz CT molecular complexity index is 532. The van der Waals surface area contributed by atoms with Crippen molar-refractivity contribution < 1.29 is 18.7 Å². The number of rotatable bonds is 5. The van der Waals surface area contributed by atoms with Crippen LogP contribution in [0, 0.1) is 0 Å². The molecule has 1 aliphatic rings. The second kappa shape index (κ2) is 7.79. The van der Waals surface area contributed by atoms with Crippen LogP contribution in [0.5, 0.6) is 0 Å². The van der Waals surface area contributed by atoms with Crippen molar-refractivity contribution in [1.82, 2.24) is 15.3 Å². The Labute approximate surface area is 134 Å². The Morgan fingerprint density at radius 1 is 1.41 bits per heavy atom. The second-order valence-corrected chi connectivity index (χ2v) is 5.06. The van der Waals surface area contributed by atoms with Crippen LogP contribution in [-0.4, -0.2) is 53.2 Å². The van der Waals surface area contributed by atoms with E-state index in [0.29, 0.717) is 31.4 Å². The number of nitrogens with one attached hydrogen (secondary N) is 1. The zero-order valence-corrected chi connectivity index (χ0v) is 13.2. The Morgan fingerprint density at radius 2 is 2.18 bits per heavy atom. The molecule has 0 aromatic carbocycles. The number of carbonyl (C=O) groups is 2. The highest BCUT2D eigenvalue weighted by atomic mass is 32.1. The highest BCUT2D eigenvalue weighted by molar-refractivity contribution is 7.80. The van der Waals surface area contributed by atoms with Gasteiger partial charge in [0.1, 0.15) is 0 Å². The molecule has 1 aliphatic heterocycles. The third kappa shape index (κ3) is 3.97. The minimum Gasteiger partial charge on any atom is -0.466 e. The molecular formula is C14H19N3O4S. The Morgan fingerprint density at radius 3 is 2.86 bits per heavy atom. The van der Waals surface area contributed by atoms with Gasteiger partial charge < -0.3 is 14.5 Å². The number of hydrazine groups is 1. The smallest absolute Gasteiger partial charge is 0.308 e. The SMILES string of the molecule is CCOC(=O)CCNC(=S)N1CCCN1C(=O)c1ccco1. The number of nitrogens with zero attached hydrogens (tertiary/aromatic N) is 2. The maximum Gasteiger partial charge on any atom is 0.308 e. The monoisotopic (exact) mass is 325 g/mol. The van der Waals surface area contributed by atoms with Gasteiger partial charge in [-0.15, -0.1) is 0 Å². The fraction of sp³-hybridized carbons (Fsp3) is 0.500. The standard InChI is InChI=1S/C14H19N3O4S/c1-2-20-12(18)6-7-15-14(22)17-9-4-8-16(17)13(19)11-5-3-10-21-11/h3,5,10H,2,4,6-9H2,1H3,(H,15,22). The molecule has 1 N–H and O–H groups in total. The number of thiocarbonyl (C=S) groups is 1. The minimum absolute atomic E-state index is 0.225. The average molecular weight is 325 g/mol. The molecule has 0 radical (unpaired) electrons. The van der Waals surface area contributed by atoms with Crippen molar-refractivity contribution >= 4 is 29.2 Å². The fourth-order valence-corrected chi connectivity index (χ4v) is 2.45. The van der Waals surface area contributed by atoms with E-state index in [0.717, 1.165) is 6.42 Å². The molecule has 2 rings (SSSR count). The Kier molecular flexibility index (Phi) is 5.76. The molecule has 0 aliphatic carbocycles. The van der Waals surface area contributed by atoms with Crippen LogP contribution in [0.2, 0.25) is 0 Å². The molecule has 1 amide bonds. The van der Waals surface area contributed by atoms with Crippen molar-refractivity contribution in [1.29, 1.82) is 0 Å². The fourth-order valence-electron chi connectivity index (χ4n) is 2.16. The van der Waals surface area contributed by atoms with Gasteiger partial charge in [-0.1, -0.05) is 0 Å². The molecule has 0 atom stereocenters. The summed E-state index contributed by atoms with van der Waals surface area (Å²) in [5, 5.41) is 6.65. The summed E-state index contributed by atoms with van der Waals surface area (Å²) in [6, 6.07) is 3.29. The van der Waals surface area contributed by atoms with Gasteiger partial charge in [-0.3, -0.25) is 14.6 Å². The van der Waals surface area contributed by atoms with Crippen molar-refractivity contribution in [3.05, 3.63) is 24.2 Å². The largest absolute Gasteiger partial charge is 0.466 e. The first-order valence-electron chi connectivity index (χ1n) is 7.19. The first-order chi connectivity index (χ1) is 10.6. The number of esters is 1. The van der Waals surface area contributed by atoms with E-state index >= 15 is 0 Å². The summed E-state index contributed by atoms with van der Waals surface area (Å²) in [4.78, 5) is 23.6. The Hall–Kier alpha value is -2.09. The molecule has 1 aromatic rings. The summed E-state index contributed by atoms with van der Waals surface area (Å²) in [5.74, 6) is -0.221. The van der Waals surface area contributed by atoms with E-state index in [1.807, 2.05) is 0 Å². The molecule has 1 fully saturated rings. The normalized spacial score (nSPS) is 14.0. The number of amides is 1. The molecule has 0 spiro atoms. The summed E-state index contributed by atoms with van der Waals surface area (Å²) < 4.78 is 9.98.